The van der Waals surface area contributed by atoms with Crippen LogP contribution in [-0.4, -0.2) is 36.6 Å². The molecule has 2 aromatic rings. The smallest absolute Gasteiger partial charge is 0.338 e. The molecule has 1 aliphatic carbocycles. The van der Waals surface area contributed by atoms with Crippen LogP contribution in [0.5, 0.6) is 5.75 Å². The van der Waals surface area contributed by atoms with E-state index in [9.17, 15) is 19.7 Å². The average molecular weight is 385 g/mol. The number of carbonyl (C=O) groups is 2. The Kier molecular flexibility index (Phi) is 5.73. The van der Waals surface area contributed by atoms with Crippen molar-refractivity contribution < 1.29 is 24.0 Å². The van der Waals surface area contributed by atoms with Crippen molar-refractivity contribution in [2.24, 2.45) is 0 Å². The molecule has 0 unspecified atom stereocenters. The summed E-state index contributed by atoms with van der Waals surface area (Å²) in [5.41, 5.74) is 0.649. The molecule has 3 rings (SSSR count). The lowest BCUT2D eigenvalue weighted by atomic mass is 10.1. The number of esters is 1. The Morgan fingerprint density at radius 3 is 2.68 bits per heavy atom. The number of hydrogen-bond acceptors (Lipinski definition) is 7. The van der Waals surface area contributed by atoms with Crippen LogP contribution in [0.15, 0.2) is 42.5 Å². The van der Waals surface area contributed by atoms with Gasteiger partial charge < -0.3 is 20.1 Å². The third-order valence-corrected chi connectivity index (χ3v) is 4.05. The van der Waals surface area contributed by atoms with Crippen molar-refractivity contribution in [1.82, 2.24) is 0 Å². The summed E-state index contributed by atoms with van der Waals surface area (Å²) < 4.78 is 10.0. The molecule has 0 spiro atoms. The van der Waals surface area contributed by atoms with Gasteiger partial charge in [0.25, 0.3) is 11.6 Å². The van der Waals surface area contributed by atoms with Crippen LogP contribution in [0.2, 0.25) is 0 Å². The Hall–Kier alpha value is -3.62. The van der Waals surface area contributed by atoms with E-state index in [1.807, 2.05) is 0 Å². The summed E-state index contributed by atoms with van der Waals surface area (Å²) in [7, 11) is 1.51. The molecule has 0 atom stereocenters. The Balaban J connectivity index is 1.59. The van der Waals surface area contributed by atoms with Gasteiger partial charge in [0.1, 0.15) is 11.4 Å². The number of carbonyl (C=O) groups excluding carboxylic acids is 2. The maximum absolute atomic E-state index is 12.2. The molecule has 1 amide bonds. The predicted molar refractivity (Wildman–Crippen MR) is 102 cm³/mol. The lowest BCUT2D eigenvalue weighted by Gasteiger charge is -2.09. The number of nitrogens with zero attached hydrogens (tertiary/aromatic N) is 1. The molecule has 9 heteroatoms. The highest BCUT2D eigenvalue weighted by Crippen LogP contribution is 2.31. The SMILES string of the molecule is COc1cccc(NC(=O)COC(=O)c2ccc(NC3CC3)c([N+](=O)[O-])c2)c1. The summed E-state index contributed by atoms with van der Waals surface area (Å²) >= 11 is 0. The van der Waals surface area contributed by atoms with E-state index in [1.54, 1.807) is 24.3 Å². The Labute approximate surface area is 160 Å². The van der Waals surface area contributed by atoms with Crippen LogP contribution in [0.25, 0.3) is 0 Å². The molecule has 28 heavy (non-hydrogen) atoms. The molecule has 146 valence electrons. The summed E-state index contributed by atoms with van der Waals surface area (Å²) in [5.74, 6) is -0.785. The average Bonchev–Trinajstić information content (AvgIpc) is 3.50. The fourth-order valence-electron chi connectivity index (χ4n) is 2.49. The highest BCUT2D eigenvalue weighted by atomic mass is 16.6. The molecular weight excluding hydrogens is 366 g/mol. The first kappa shape index (κ1) is 19.2. The van der Waals surface area contributed by atoms with Gasteiger partial charge in [-0.15, -0.1) is 0 Å². The number of rotatable bonds is 8. The lowest BCUT2D eigenvalue weighted by Crippen LogP contribution is -2.21. The molecule has 2 aromatic carbocycles. The van der Waals surface area contributed by atoms with E-state index in [0.29, 0.717) is 17.1 Å². The van der Waals surface area contributed by atoms with E-state index < -0.39 is 23.4 Å². The largest absolute Gasteiger partial charge is 0.497 e. The Morgan fingerprint density at radius 2 is 2.00 bits per heavy atom. The van der Waals surface area contributed by atoms with Crippen LogP contribution in [0.1, 0.15) is 23.2 Å². The minimum atomic E-state index is -0.818. The summed E-state index contributed by atoms with van der Waals surface area (Å²) in [6.07, 6.45) is 1.92. The summed E-state index contributed by atoms with van der Waals surface area (Å²) in [5, 5.41) is 16.9. The topological polar surface area (TPSA) is 120 Å². The summed E-state index contributed by atoms with van der Waals surface area (Å²) in [6, 6.07) is 11.0. The van der Waals surface area contributed by atoms with Crippen molar-refractivity contribution in [3.8, 4) is 5.75 Å². The minimum Gasteiger partial charge on any atom is -0.497 e. The molecule has 2 N–H and O–H groups in total. The first-order valence-corrected chi connectivity index (χ1v) is 8.62. The maximum atomic E-state index is 12.2. The zero-order chi connectivity index (χ0) is 20.1. The van der Waals surface area contributed by atoms with Gasteiger partial charge in [-0.05, 0) is 37.1 Å². The monoisotopic (exact) mass is 385 g/mol. The minimum absolute atomic E-state index is 0.00206. The second-order valence-electron chi connectivity index (χ2n) is 6.26. The van der Waals surface area contributed by atoms with Crippen molar-refractivity contribution in [3.05, 3.63) is 58.1 Å². The van der Waals surface area contributed by atoms with E-state index >= 15 is 0 Å². The molecule has 1 aliphatic rings. The molecule has 0 aromatic heterocycles. The lowest BCUT2D eigenvalue weighted by molar-refractivity contribution is -0.384. The summed E-state index contributed by atoms with van der Waals surface area (Å²) in [4.78, 5) is 34.8. The number of nitro groups is 1. The number of hydrogen-bond donors (Lipinski definition) is 2. The number of methoxy groups -OCH3 is 1. The van der Waals surface area contributed by atoms with Gasteiger partial charge in [-0.2, -0.15) is 0 Å². The first-order valence-electron chi connectivity index (χ1n) is 8.62. The van der Waals surface area contributed by atoms with Gasteiger partial charge in [-0.3, -0.25) is 14.9 Å². The number of nitro benzene ring substituents is 1. The fourth-order valence-corrected chi connectivity index (χ4v) is 2.49. The van der Waals surface area contributed by atoms with Crippen molar-refractivity contribution in [2.75, 3.05) is 24.4 Å². The van der Waals surface area contributed by atoms with Gasteiger partial charge in [0.15, 0.2) is 6.61 Å². The Bertz CT molecular complexity index is 910. The molecular formula is C19H19N3O6. The fraction of sp³-hybridized carbons (Fsp3) is 0.263. The zero-order valence-electron chi connectivity index (χ0n) is 15.1. The first-order chi connectivity index (χ1) is 13.5. The highest BCUT2D eigenvalue weighted by molar-refractivity contribution is 5.96. The van der Waals surface area contributed by atoms with Gasteiger partial charge in [-0.25, -0.2) is 4.79 Å². The molecule has 0 aliphatic heterocycles. The number of ether oxygens (including phenoxy) is 2. The molecule has 0 saturated heterocycles. The van der Waals surface area contributed by atoms with Crippen molar-refractivity contribution in [1.29, 1.82) is 0 Å². The molecule has 0 bridgehead atoms. The molecule has 9 nitrogen and oxygen atoms in total. The standard InChI is InChI=1S/C19H19N3O6/c1-27-15-4-2-3-14(10-15)21-18(23)11-28-19(24)12-5-8-16(20-13-6-7-13)17(9-12)22(25)26/h2-5,8-10,13,20H,6-7,11H2,1H3,(H,21,23). The quantitative estimate of drug-likeness (QED) is 0.407. The van der Waals surface area contributed by atoms with Gasteiger partial charge in [-0.1, -0.05) is 6.07 Å². The van der Waals surface area contributed by atoms with E-state index in [0.717, 1.165) is 18.9 Å². The van der Waals surface area contributed by atoms with Gasteiger partial charge >= 0.3 is 5.97 Å². The van der Waals surface area contributed by atoms with E-state index in [1.165, 1.54) is 19.2 Å². The third kappa shape index (κ3) is 4.97. The Morgan fingerprint density at radius 1 is 1.21 bits per heavy atom. The van der Waals surface area contributed by atoms with Crippen LogP contribution in [0.4, 0.5) is 17.1 Å². The molecule has 1 fully saturated rings. The number of amides is 1. The van der Waals surface area contributed by atoms with Crippen LogP contribution in [0, 0.1) is 10.1 Å². The van der Waals surface area contributed by atoms with Crippen molar-refractivity contribution >= 4 is 28.9 Å². The second-order valence-corrected chi connectivity index (χ2v) is 6.26. The van der Waals surface area contributed by atoms with Crippen LogP contribution < -0.4 is 15.4 Å². The zero-order valence-corrected chi connectivity index (χ0v) is 15.1. The normalized spacial score (nSPS) is 12.8. The van der Waals surface area contributed by atoms with Crippen LogP contribution in [-0.2, 0) is 9.53 Å². The van der Waals surface area contributed by atoms with Crippen LogP contribution in [0.3, 0.4) is 0 Å². The van der Waals surface area contributed by atoms with E-state index in [-0.39, 0.29) is 17.3 Å². The molecule has 1 saturated carbocycles. The number of anilines is 2. The van der Waals surface area contributed by atoms with Crippen LogP contribution >= 0.6 is 0 Å². The highest BCUT2D eigenvalue weighted by Gasteiger charge is 2.26. The predicted octanol–water partition coefficient (Wildman–Crippen LogP) is 2.97. The van der Waals surface area contributed by atoms with Gasteiger partial charge in [0, 0.05) is 23.9 Å². The van der Waals surface area contributed by atoms with E-state index in [2.05, 4.69) is 10.6 Å². The second kappa shape index (κ2) is 8.38. The molecule has 0 radical (unpaired) electrons. The number of nitrogens with one attached hydrogen (secondary N) is 2. The van der Waals surface area contributed by atoms with Crippen molar-refractivity contribution in [2.45, 2.75) is 18.9 Å². The third-order valence-electron chi connectivity index (χ3n) is 4.05. The maximum Gasteiger partial charge on any atom is 0.338 e. The molecule has 0 heterocycles. The summed E-state index contributed by atoms with van der Waals surface area (Å²) in [6.45, 7) is -0.522. The van der Waals surface area contributed by atoms with Gasteiger partial charge in [0.05, 0.1) is 17.6 Å². The van der Waals surface area contributed by atoms with Crippen molar-refractivity contribution in [3.63, 3.8) is 0 Å². The van der Waals surface area contributed by atoms with E-state index in [4.69, 9.17) is 9.47 Å². The number of benzene rings is 2. The van der Waals surface area contributed by atoms with Gasteiger partial charge in [0.2, 0.25) is 0 Å².